The molecule has 0 spiro atoms. The number of ether oxygens (including phenoxy) is 4. The fourth-order valence-corrected chi connectivity index (χ4v) is 6.73. The van der Waals surface area contributed by atoms with Crippen LogP contribution in [0.2, 0.25) is 0 Å². The van der Waals surface area contributed by atoms with Crippen molar-refractivity contribution in [3.05, 3.63) is 177 Å². The third kappa shape index (κ3) is 6.29. The second kappa shape index (κ2) is 15.1. The number of benzene rings is 5. The van der Waals surface area contributed by atoms with Crippen molar-refractivity contribution in [2.75, 3.05) is 26.4 Å². The van der Waals surface area contributed by atoms with Crippen LogP contribution in [0.5, 0.6) is 11.5 Å². The summed E-state index contributed by atoms with van der Waals surface area (Å²) in [7, 11) is 0. The van der Waals surface area contributed by atoms with E-state index >= 15 is 0 Å². The lowest BCUT2D eigenvalue weighted by Gasteiger charge is -2.12. The van der Waals surface area contributed by atoms with Crippen LogP contribution in [0.25, 0.3) is 43.1 Å². The van der Waals surface area contributed by atoms with E-state index < -0.39 is 11.9 Å². The Morgan fingerprint density at radius 3 is 1.24 bits per heavy atom. The molecule has 2 aliphatic rings. The third-order valence-electron chi connectivity index (χ3n) is 8.94. The lowest BCUT2D eigenvalue weighted by molar-refractivity contribution is 0.0441. The molecule has 5 aromatic carbocycles. The van der Waals surface area contributed by atoms with Crippen LogP contribution in [-0.4, -0.2) is 38.4 Å². The van der Waals surface area contributed by atoms with Crippen molar-refractivity contribution in [3.8, 4) is 45.9 Å². The highest BCUT2D eigenvalue weighted by Crippen LogP contribution is 2.48. The Kier molecular flexibility index (Phi) is 9.68. The van der Waals surface area contributed by atoms with Crippen molar-refractivity contribution < 1.29 is 28.5 Å². The van der Waals surface area contributed by atoms with E-state index in [1.54, 1.807) is 60.7 Å². The summed E-state index contributed by atoms with van der Waals surface area (Å²) in [5.41, 5.74) is 7.10. The van der Waals surface area contributed by atoms with Crippen LogP contribution < -0.4 is 9.47 Å². The molecule has 10 heteroatoms. The van der Waals surface area contributed by atoms with E-state index in [1.165, 1.54) is 0 Å². The molecule has 0 fully saturated rings. The molecule has 7 rings (SSSR count). The summed E-state index contributed by atoms with van der Waals surface area (Å²) >= 11 is 0. The number of esters is 2. The van der Waals surface area contributed by atoms with Gasteiger partial charge in [-0.3, -0.25) is 0 Å². The minimum atomic E-state index is -0.548. The fraction of sp³-hybridized carbons (Fsp3) is 0.0909. The minimum absolute atomic E-state index is 0.0190. The fourth-order valence-electron chi connectivity index (χ4n) is 6.73. The maximum atomic E-state index is 13.2. The van der Waals surface area contributed by atoms with Gasteiger partial charge in [0.15, 0.2) is 0 Å². The summed E-state index contributed by atoms with van der Waals surface area (Å²) in [6.07, 6.45) is 0. The molecule has 0 aliphatic heterocycles. The van der Waals surface area contributed by atoms with Crippen LogP contribution in [0.4, 0.5) is 0 Å². The zero-order chi connectivity index (χ0) is 37.6. The quantitative estimate of drug-likeness (QED) is 0.0600. The molecule has 0 saturated carbocycles. The molecule has 0 amide bonds. The molecule has 10 nitrogen and oxygen atoms in total. The Labute approximate surface area is 310 Å². The predicted molar refractivity (Wildman–Crippen MR) is 198 cm³/mol. The molecular formula is C44H26N4O6. The number of nitriles is 2. The van der Waals surface area contributed by atoms with Gasteiger partial charge in [0, 0.05) is 22.3 Å². The monoisotopic (exact) mass is 706 g/mol. The predicted octanol–water partition coefficient (Wildman–Crippen LogP) is 8.52. The number of allylic oxidation sites excluding steroid dienone is 2. The van der Waals surface area contributed by atoms with Crippen molar-refractivity contribution >= 4 is 23.1 Å². The van der Waals surface area contributed by atoms with E-state index in [4.69, 9.17) is 32.1 Å². The van der Waals surface area contributed by atoms with Crippen molar-refractivity contribution in [1.29, 1.82) is 10.5 Å². The molecular weight excluding hydrogens is 681 g/mol. The van der Waals surface area contributed by atoms with Crippen LogP contribution >= 0.6 is 0 Å². The van der Waals surface area contributed by atoms with Crippen LogP contribution in [-0.2, 0) is 9.47 Å². The van der Waals surface area contributed by atoms with E-state index in [1.807, 2.05) is 60.7 Å². The standard InChI is InChI=1S/C44H26N4O6/c1-47-37(25-45)41-31-11-5-3-9-29(31)39-33(41)13-7-15-35(39)43(49)53-23-21-51-27-17-19-28(20-18-27)52-22-24-54-44(50)36-16-8-14-34-40(36)30-10-4-6-12-32(30)42(34)38(26-46)48-2/h3-20H,21-24H2/b41-37-,42-38+. The van der Waals surface area contributed by atoms with Crippen molar-refractivity contribution in [3.63, 3.8) is 0 Å². The zero-order valence-electron chi connectivity index (χ0n) is 28.5. The maximum absolute atomic E-state index is 13.2. The first kappa shape index (κ1) is 34.5. The van der Waals surface area contributed by atoms with Gasteiger partial charge in [-0.25, -0.2) is 29.8 Å². The van der Waals surface area contributed by atoms with Gasteiger partial charge in [0.2, 0.25) is 0 Å². The van der Waals surface area contributed by atoms with E-state index in [0.29, 0.717) is 56.0 Å². The normalized spacial score (nSPS) is 13.3. The summed E-state index contributed by atoms with van der Waals surface area (Å²) in [5.74, 6) is -0.0365. The average molecular weight is 707 g/mol. The van der Waals surface area contributed by atoms with Gasteiger partial charge >= 0.3 is 11.9 Å². The van der Waals surface area contributed by atoms with E-state index in [2.05, 4.69) is 9.69 Å². The molecule has 0 saturated heterocycles. The van der Waals surface area contributed by atoms with Crippen molar-refractivity contribution in [1.82, 2.24) is 0 Å². The molecule has 258 valence electrons. The number of carbonyl (C=O) groups is 2. The lowest BCUT2D eigenvalue weighted by atomic mass is 9.99. The van der Waals surface area contributed by atoms with E-state index in [9.17, 15) is 20.1 Å². The number of nitrogens with zero attached hydrogens (tertiary/aromatic N) is 4. The summed E-state index contributed by atoms with van der Waals surface area (Å²) in [6, 6.07) is 35.8. The Morgan fingerprint density at radius 2 is 0.870 bits per heavy atom. The number of carbonyl (C=O) groups excluding carboxylic acids is 2. The molecule has 2 aliphatic carbocycles. The summed E-state index contributed by atoms with van der Waals surface area (Å²) < 4.78 is 22.6. The summed E-state index contributed by atoms with van der Waals surface area (Å²) in [4.78, 5) is 33.2. The molecule has 0 unspecified atom stereocenters. The van der Waals surface area contributed by atoms with E-state index in [0.717, 1.165) is 22.3 Å². The van der Waals surface area contributed by atoms with E-state index in [-0.39, 0.29) is 37.8 Å². The summed E-state index contributed by atoms with van der Waals surface area (Å²) in [5, 5.41) is 19.2. The van der Waals surface area contributed by atoms with Gasteiger partial charge < -0.3 is 18.9 Å². The topological polar surface area (TPSA) is 127 Å². The van der Waals surface area contributed by atoms with Gasteiger partial charge in [-0.1, -0.05) is 72.8 Å². The molecule has 0 heterocycles. The second-order valence-electron chi connectivity index (χ2n) is 11.9. The van der Waals surface area contributed by atoms with Crippen LogP contribution in [0.15, 0.2) is 121 Å². The van der Waals surface area contributed by atoms with Gasteiger partial charge in [0.25, 0.3) is 11.4 Å². The molecule has 54 heavy (non-hydrogen) atoms. The molecule has 0 atom stereocenters. The largest absolute Gasteiger partial charge is 0.490 e. The molecule has 0 aromatic heterocycles. The van der Waals surface area contributed by atoms with Crippen LogP contribution in [0, 0.1) is 35.8 Å². The Hall–Kier alpha value is -7.92. The lowest BCUT2D eigenvalue weighted by Crippen LogP contribution is -2.14. The molecule has 5 aromatic rings. The van der Waals surface area contributed by atoms with Gasteiger partial charge in [-0.2, -0.15) is 0 Å². The first-order chi connectivity index (χ1) is 26.5. The zero-order valence-corrected chi connectivity index (χ0v) is 28.5. The van der Waals surface area contributed by atoms with Gasteiger partial charge in [-0.05, 0) is 69.8 Å². The average Bonchev–Trinajstić information content (AvgIpc) is 3.73. The highest BCUT2D eigenvalue weighted by atomic mass is 16.6. The van der Waals surface area contributed by atoms with Gasteiger partial charge in [-0.15, -0.1) is 0 Å². The highest BCUT2D eigenvalue weighted by molar-refractivity contribution is 6.11. The molecule has 0 bridgehead atoms. The second-order valence-corrected chi connectivity index (χ2v) is 11.9. The minimum Gasteiger partial charge on any atom is -0.490 e. The highest BCUT2D eigenvalue weighted by Gasteiger charge is 2.32. The van der Waals surface area contributed by atoms with Crippen molar-refractivity contribution in [2.24, 2.45) is 0 Å². The Morgan fingerprint density at radius 1 is 0.500 bits per heavy atom. The van der Waals surface area contributed by atoms with Crippen LogP contribution in [0.3, 0.4) is 0 Å². The molecule has 0 radical (unpaired) electrons. The summed E-state index contributed by atoms with van der Waals surface area (Å²) in [6.45, 7) is 15.1. The number of rotatable bonds is 10. The smallest absolute Gasteiger partial charge is 0.338 e. The maximum Gasteiger partial charge on any atom is 0.338 e. The first-order valence-electron chi connectivity index (χ1n) is 16.7. The number of fused-ring (bicyclic) bond motifs is 6. The first-order valence-corrected chi connectivity index (χ1v) is 16.7. The Balaban J connectivity index is 0.913. The number of hydrogen-bond acceptors (Lipinski definition) is 8. The van der Waals surface area contributed by atoms with Crippen LogP contribution in [0.1, 0.15) is 43.0 Å². The third-order valence-corrected chi connectivity index (χ3v) is 8.94. The van der Waals surface area contributed by atoms with Crippen molar-refractivity contribution in [2.45, 2.75) is 0 Å². The Bertz CT molecular complexity index is 2380. The van der Waals surface area contributed by atoms with Gasteiger partial charge in [0.05, 0.1) is 36.4 Å². The molecule has 0 N–H and O–H groups in total. The van der Waals surface area contributed by atoms with Gasteiger partial charge in [0.1, 0.15) is 37.9 Å². The number of hydrogen-bond donors (Lipinski definition) is 0. The SMILES string of the molecule is [C-]#[N+]/C(C#N)=C1/c2ccccc2-c2c(C(=O)OCCOc3ccc(OCCOC(=O)c4cccc5c4-c4ccccc4/C5=C(/C#N)[N+]#[C-])cc3)cccc21.